The molecule has 0 aliphatic heterocycles. The van der Waals surface area contributed by atoms with Crippen LogP contribution in [0.15, 0.2) is 33.6 Å². The smallest absolute Gasteiger partial charge is 0.321 e. The minimum absolute atomic E-state index is 0.0541. The van der Waals surface area contributed by atoms with Crippen LogP contribution in [-0.4, -0.2) is 25.5 Å². The normalized spacial score (nSPS) is 13.2. The number of unbranched alkanes of at least 4 members (excludes halogenated alkanes) is 1. The van der Waals surface area contributed by atoms with Crippen molar-refractivity contribution in [1.29, 1.82) is 0 Å². The van der Waals surface area contributed by atoms with Gasteiger partial charge < -0.3 is 5.11 Å². The minimum Gasteiger partial charge on any atom is -0.480 e. The van der Waals surface area contributed by atoms with Gasteiger partial charge in [-0.3, -0.25) is 4.79 Å². The molecule has 0 bridgehead atoms. The number of sulfonamides is 1. The molecule has 0 aliphatic carbocycles. The van der Waals surface area contributed by atoms with Crippen molar-refractivity contribution in [2.24, 2.45) is 0 Å². The van der Waals surface area contributed by atoms with Gasteiger partial charge in [0, 0.05) is 4.47 Å². The molecule has 0 heterocycles. The van der Waals surface area contributed by atoms with Crippen LogP contribution in [0.5, 0.6) is 0 Å². The summed E-state index contributed by atoms with van der Waals surface area (Å²) in [5, 5.41) is 9.02. The second kappa shape index (κ2) is 7.02. The first-order chi connectivity index (χ1) is 8.86. The molecule has 5 nitrogen and oxygen atoms in total. The summed E-state index contributed by atoms with van der Waals surface area (Å²) in [5.41, 5.74) is 0. The van der Waals surface area contributed by atoms with Gasteiger partial charge >= 0.3 is 5.97 Å². The Balaban J connectivity index is 2.87. The molecule has 7 heteroatoms. The van der Waals surface area contributed by atoms with Gasteiger partial charge in [0.1, 0.15) is 6.04 Å². The van der Waals surface area contributed by atoms with Crippen molar-refractivity contribution in [3.63, 3.8) is 0 Å². The lowest BCUT2D eigenvalue weighted by Crippen LogP contribution is -2.40. The maximum atomic E-state index is 12.0. The van der Waals surface area contributed by atoms with Crippen molar-refractivity contribution < 1.29 is 18.3 Å². The molecule has 106 valence electrons. The van der Waals surface area contributed by atoms with Crippen LogP contribution in [0.1, 0.15) is 26.2 Å². The Hall–Kier alpha value is -0.920. The lowest BCUT2D eigenvalue weighted by Gasteiger charge is -2.14. The molecule has 1 aromatic carbocycles. The summed E-state index contributed by atoms with van der Waals surface area (Å²) in [4.78, 5) is 11.1. The van der Waals surface area contributed by atoms with Gasteiger partial charge in [-0.05, 0) is 30.7 Å². The minimum atomic E-state index is -3.80. The van der Waals surface area contributed by atoms with Crippen LogP contribution in [0.25, 0.3) is 0 Å². The number of carbonyl (C=O) groups is 1. The standard InChI is InChI=1S/C12H16BrNO4S/c1-2-3-4-11(12(15)16)14-19(17,18)10-7-5-9(13)6-8-10/h5-8,11,14H,2-4H2,1H3,(H,15,16). The van der Waals surface area contributed by atoms with Crippen molar-refractivity contribution in [1.82, 2.24) is 4.72 Å². The van der Waals surface area contributed by atoms with E-state index in [2.05, 4.69) is 20.7 Å². The zero-order valence-electron chi connectivity index (χ0n) is 10.5. The Kier molecular flexibility index (Phi) is 5.96. The van der Waals surface area contributed by atoms with Gasteiger partial charge in [0.05, 0.1) is 4.90 Å². The molecular weight excluding hydrogens is 334 g/mol. The van der Waals surface area contributed by atoms with Crippen molar-refractivity contribution >= 4 is 31.9 Å². The van der Waals surface area contributed by atoms with Gasteiger partial charge in [-0.1, -0.05) is 35.7 Å². The molecule has 1 rings (SSSR count). The van der Waals surface area contributed by atoms with Crippen LogP contribution >= 0.6 is 15.9 Å². The topological polar surface area (TPSA) is 83.5 Å². The molecule has 0 spiro atoms. The van der Waals surface area contributed by atoms with Gasteiger partial charge in [0.25, 0.3) is 0 Å². The first-order valence-electron chi connectivity index (χ1n) is 5.87. The highest BCUT2D eigenvalue weighted by atomic mass is 79.9. The van der Waals surface area contributed by atoms with Crippen LogP contribution in [0.2, 0.25) is 0 Å². The van der Waals surface area contributed by atoms with E-state index in [1.165, 1.54) is 12.1 Å². The van der Waals surface area contributed by atoms with E-state index in [4.69, 9.17) is 5.11 Å². The lowest BCUT2D eigenvalue weighted by atomic mass is 10.1. The largest absolute Gasteiger partial charge is 0.480 e. The molecule has 0 saturated carbocycles. The number of carboxylic acid groups (broad SMARTS) is 1. The molecule has 0 aliphatic rings. The fraction of sp³-hybridized carbons (Fsp3) is 0.417. The molecule has 1 aromatic rings. The number of rotatable bonds is 7. The predicted molar refractivity (Wildman–Crippen MR) is 75.4 cm³/mol. The monoisotopic (exact) mass is 349 g/mol. The molecule has 2 N–H and O–H groups in total. The number of hydrogen-bond acceptors (Lipinski definition) is 3. The van der Waals surface area contributed by atoms with Crippen molar-refractivity contribution in [2.45, 2.75) is 37.1 Å². The Labute approximate surface area is 121 Å². The van der Waals surface area contributed by atoms with E-state index in [0.717, 1.165) is 10.9 Å². The van der Waals surface area contributed by atoms with E-state index in [1.54, 1.807) is 12.1 Å². The highest BCUT2D eigenvalue weighted by Gasteiger charge is 2.24. The highest BCUT2D eigenvalue weighted by Crippen LogP contribution is 2.15. The number of carboxylic acids is 1. The quantitative estimate of drug-likeness (QED) is 0.791. The van der Waals surface area contributed by atoms with Crippen LogP contribution in [0.3, 0.4) is 0 Å². The summed E-state index contributed by atoms with van der Waals surface area (Å²) >= 11 is 3.21. The van der Waals surface area contributed by atoms with Gasteiger partial charge in [-0.15, -0.1) is 0 Å². The first-order valence-corrected chi connectivity index (χ1v) is 8.15. The third-order valence-electron chi connectivity index (χ3n) is 2.57. The summed E-state index contributed by atoms with van der Waals surface area (Å²) in [6, 6.07) is 4.94. The molecule has 0 fully saturated rings. The number of nitrogens with one attached hydrogen (secondary N) is 1. The summed E-state index contributed by atoms with van der Waals surface area (Å²) in [7, 11) is -3.80. The Bertz CT molecular complexity index is 527. The number of hydrogen-bond donors (Lipinski definition) is 2. The van der Waals surface area contributed by atoms with E-state index in [0.29, 0.717) is 6.42 Å². The summed E-state index contributed by atoms with van der Waals surface area (Å²) < 4.78 is 27.0. The first kappa shape index (κ1) is 16.1. The Morgan fingerprint density at radius 1 is 1.37 bits per heavy atom. The predicted octanol–water partition coefficient (Wildman–Crippen LogP) is 2.37. The molecule has 1 unspecified atom stereocenters. The zero-order chi connectivity index (χ0) is 14.5. The highest BCUT2D eigenvalue weighted by molar-refractivity contribution is 9.10. The second-order valence-corrected chi connectivity index (χ2v) is 6.74. The fourth-order valence-electron chi connectivity index (χ4n) is 1.51. The van der Waals surface area contributed by atoms with Gasteiger partial charge in [-0.25, -0.2) is 8.42 Å². The lowest BCUT2D eigenvalue weighted by molar-refractivity contribution is -0.139. The molecule has 0 aromatic heterocycles. The Morgan fingerprint density at radius 2 is 1.95 bits per heavy atom. The average molecular weight is 350 g/mol. The third-order valence-corrected chi connectivity index (χ3v) is 4.58. The third kappa shape index (κ3) is 4.93. The molecule has 1 atom stereocenters. The SMILES string of the molecule is CCCCC(NS(=O)(=O)c1ccc(Br)cc1)C(=O)O. The molecule has 0 radical (unpaired) electrons. The number of halogens is 1. The van der Waals surface area contributed by atoms with Gasteiger partial charge in [-0.2, -0.15) is 4.72 Å². The summed E-state index contributed by atoms with van der Waals surface area (Å²) in [6.07, 6.45) is 1.74. The van der Waals surface area contributed by atoms with E-state index in [-0.39, 0.29) is 11.3 Å². The molecular formula is C12H16BrNO4S. The van der Waals surface area contributed by atoms with Gasteiger partial charge in [0.2, 0.25) is 10.0 Å². The second-order valence-electron chi connectivity index (χ2n) is 4.11. The van der Waals surface area contributed by atoms with Crippen LogP contribution in [-0.2, 0) is 14.8 Å². The van der Waals surface area contributed by atoms with Crippen LogP contribution < -0.4 is 4.72 Å². The van der Waals surface area contributed by atoms with Crippen molar-refractivity contribution in [3.05, 3.63) is 28.7 Å². The van der Waals surface area contributed by atoms with E-state index >= 15 is 0 Å². The molecule has 0 amide bonds. The number of aliphatic carboxylic acids is 1. The van der Waals surface area contributed by atoms with E-state index in [1.807, 2.05) is 6.92 Å². The number of benzene rings is 1. The summed E-state index contributed by atoms with van der Waals surface area (Å²) in [6.45, 7) is 1.92. The Morgan fingerprint density at radius 3 is 2.42 bits per heavy atom. The zero-order valence-corrected chi connectivity index (χ0v) is 12.9. The van der Waals surface area contributed by atoms with Gasteiger partial charge in [0.15, 0.2) is 0 Å². The maximum Gasteiger partial charge on any atom is 0.321 e. The molecule has 0 saturated heterocycles. The van der Waals surface area contributed by atoms with E-state index < -0.39 is 22.0 Å². The van der Waals surface area contributed by atoms with E-state index in [9.17, 15) is 13.2 Å². The average Bonchev–Trinajstić information content (AvgIpc) is 2.34. The summed E-state index contributed by atoms with van der Waals surface area (Å²) in [5.74, 6) is -1.16. The molecule has 19 heavy (non-hydrogen) atoms. The maximum absolute atomic E-state index is 12.0. The van der Waals surface area contributed by atoms with Crippen molar-refractivity contribution in [3.8, 4) is 0 Å². The van der Waals surface area contributed by atoms with Crippen LogP contribution in [0.4, 0.5) is 0 Å². The van der Waals surface area contributed by atoms with Crippen LogP contribution in [0, 0.1) is 0 Å². The fourth-order valence-corrected chi connectivity index (χ4v) is 3.00. The van der Waals surface area contributed by atoms with Crippen molar-refractivity contribution in [2.75, 3.05) is 0 Å².